The van der Waals surface area contributed by atoms with Crippen LogP contribution in [0.3, 0.4) is 0 Å². The van der Waals surface area contributed by atoms with Crippen molar-refractivity contribution in [1.29, 1.82) is 0 Å². The molecule has 7 rings (SSSR count). The molecule has 5 atom stereocenters. The van der Waals surface area contributed by atoms with E-state index in [-0.39, 0.29) is 29.1 Å². The molecule has 49 heavy (non-hydrogen) atoms. The molecule has 3 aliphatic carbocycles. The first-order valence-corrected chi connectivity index (χ1v) is 18.3. The predicted molar refractivity (Wildman–Crippen MR) is 189 cm³/mol. The molecule has 3 fully saturated rings. The molecule has 5 unspecified atom stereocenters. The van der Waals surface area contributed by atoms with Crippen LogP contribution in [0.4, 0.5) is 4.39 Å². The highest BCUT2D eigenvalue weighted by Gasteiger charge is 2.56. The van der Waals surface area contributed by atoms with E-state index in [1.54, 1.807) is 0 Å². The number of esters is 1. The summed E-state index contributed by atoms with van der Waals surface area (Å²) in [7, 11) is 0. The average molecular weight is 690 g/mol. The third kappa shape index (κ3) is 7.90. The third-order valence-corrected chi connectivity index (χ3v) is 12.3. The molecule has 3 aromatic rings. The number of fused-ring (bicyclic) bond motifs is 5. The zero-order valence-electron chi connectivity index (χ0n) is 28.7. The van der Waals surface area contributed by atoms with Gasteiger partial charge in [-0.2, -0.15) is 0 Å². The van der Waals surface area contributed by atoms with Gasteiger partial charge in [-0.1, -0.05) is 36.7 Å². The summed E-state index contributed by atoms with van der Waals surface area (Å²) in [6.45, 7) is 6.30. The predicted octanol–water partition coefficient (Wildman–Crippen LogP) is 8.61. The molecular weight excluding hydrogens is 641 g/mol. The molecule has 0 radical (unpaired) electrons. The van der Waals surface area contributed by atoms with Gasteiger partial charge >= 0.3 is 5.97 Å². The highest BCUT2D eigenvalue weighted by Crippen LogP contribution is 2.61. The van der Waals surface area contributed by atoms with Crippen LogP contribution in [0.2, 0.25) is 5.02 Å². The summed E-state index contributed by atoms with van der Waals surface area (Å²) in [5, 5.41) is 21.3. The number of phenolic OH excluding ortho intramolecular Hbond substituents is 1. The average Bonchev–Trinajstić information content (AvgIpc) is 3.41. The van der Waals surface area contributed by atoms with Gasteiger partial charge in [0.05, 0.1) is 5.60 Å². The number of phenols is 1. The van der Waals surface area contributed by atoms with Crippen molar-refractivity contribution in [2.24, 2.45) is 17.3 Å². The third-order valence-electron chi connectivity index (χ3n) is 12.0. The molecule has 6 nitrogen and oxygen atoms in total. The van der Waals surface area contributed by atoms with Gasteiger partial charge in [0, 0.05) is 42.4 Å². The Morgan fingerprint density at radius 1 is 0.959 bits per heavy atom. The Balaban J connectivity index is 0.000000171. The molecule has 8 heteroatoms. The molecule has 0 amide bonds. The van der Waals surface area contributed by atoms with E-state index in [2.05, 4.69) is 17.9 Å². The van der Waals surface area contributed by atoms with Gasteiger partial charge in [-0.25, -0.2) is 4.39 Å². The second-order valence-corrected chi connectivity index (χ2v) is 15.4. The summed E-state index contributed by atoms with van der Waals surface area (Å²) in [4.78, 5) is 25.9. The van der Waals surface area contributed by atoms with Gasteiger partial charge in [-0.05, 0) is 147 Å². The minimum atomic E-state index is -0.801. The molecule has 4 aliphatic rings. The van der Waals surface area contributed by atoms with Crippen LogP contribution in [0.15, 0.2) is 66.7 Å². The second kappa shape index (κ2) is 14.9. The van der Waals surface area contributed by atoms with Crippen LogP contribution >= 0.6 is 11.6 Å². The lowest BCUT2D eigenvalue weighted by molar-refractivity contribution is -0.154. The minimum absolute atomic E-state index is 0.0414. The number of Topliss-reactive ketones (excluding diaryl/α,β-unsaturated/α-hetero) is 1. The number of halogens is 2. The number of ketones is 1. The minimum Gasteiger partial charge on any atom is -0.508 e. The van der Waals surface area contributed by atoms with Crippen molar-refractivity contribution in [3.8, 4) is 5.75 Å². The number of hydrogen-bond acceptors (Lipinski definition) is 6. The summed E-state index contributed by atoms with van der Waals surface area (Å²) in [5.74, 6) is 1.94. The smallest absolute Gasteiger partial charge is 0.302 e. The van der Waals surface area contributed by atoms with Gasteiger partial charge in [0.2, 0.25) is 0 Å². The Bertz CT molecular complexity index is 1620. The molecule has 1 heterocycles. The van der Waals surface area contributed by atoms with Gasteiger partial charge in [0.25, 0.3) is 0 Å². The molecule has 0 spiro atoms. The topological polar surface area (TPSA) is 87.1 Å². The van der Waals surface area contributed by atoms with Gasteiger partial charge in [-0.15, -0.1) is 0 Å². The zero-order chi connectivity index (χ0) is 34.8. The van der Waals surface area contributed by atoms with Crippen LogP contribution in [0.5, 0.6) is 5.75 Å². The lowest BCUT2D eigenvalue weighted by Crippen LogP contribution is -2.45. The molecule has 1 saturated heterocycles. The molecule has 262 valence electrons. The van der Waals surface area contributed by atoms with Gasteiger partial charge < -0.3 is 19.8 Å². The van der Waals surface area contributed by atoms with E-state index in [1.807, 2.05) is 36.4 Å². The Morgan fingerprint density at radius 3 is 2.37 bits per heavy atom. The highest BCUT2D eigenvalue weighted by molar-refractivity contribution is 6.30. The summed E-state index contributed by atoms with van der Waals surface area (Å²) in [6.07, 6.45) is 9.43. The van der Waals surface area contributed by atoms with E-state index < -0.39 is 5.60 Å². The molecule has 2 saturated carbocycles. The van der Waals surface area contributed by atoms with E-state index in [0.717, 1.165) is 50.9 Å². The van der Waals surface area contributed by atoms with Crippen molar-refractivity contribution in [3.63, 3.8) is 0 Å². The maximum Gasteiger partial charge on any atom is 0.302 e. The summed E-state index contributed by atoms with van der Waals surface area (Å²) in [5.41, 5.74) is 3.61. The number of ether oxygens (including phenoxy) is 1. The van der Waals surface area contributed by atoms with Crippen LogP contribution in [-0.4, -0.2) is 52.6 Å². The van der Waals surface area contributed by atoms with Crippen molar-refractivity contribution in [1.82, 2.24) is 4.90 Å². The first-order chi connectivity index (χ1) is 23.4. The van der Waals surface area contributed by atoms with Crippen molar-refractivity contribution < 1.29 is 28.9 Å². The Morgan fingerprint density at radius 2 is 1.67 bits per heavy atom. The number of aliphatic hydroxyl groups is 1. The van der Waals surface area contributed by atoms with Gasteiger partial charge in [-0.3, -0.25) is 9.59 Å². The quantitative estimate of drug-likeness (QED) is 0.191. The Hall–Kier alpha value is -3.26. The van der Waals surface area contributed by atoms with Crippen molar-refractivity contribution in [3.05, 3.63) is 99.8 Å². The number of nitrogens with zero attached hydrogens (tertiary/aromatic N) is 1. The van der Waals surface area contributed by atoms with E-state index in [9.17, 15) is 24.2 Å². The monoisotopic (exact) mass is 689 g/mol. The Kier molecular flexibility index (Phi) is 10.8. The number of carbonyl (C=O) groups excluding carboxylic acids is 2. The number of aryl methyl sites for hydroxylation is 1. The molecule has 1 aliphatic heterocycles. The molecule has 2 N–H and O–H groups in total. The van der Waals surface area contributed by atoms with Gasteiger partial charge in [0.1, 0.15) is 17.7 Å². The highest BCUT2D eigenvalue weighted by atomic mass is 35.5. The van der Waals surface area contributed by atoms with E-state index >= 15 is 0 Å². The van der Waals surface area contributed by atoms with Crippen LogP contribution in [0, 0.1) is 23.1 Å². The molecule has 0 bridgehead atoms. The number of likely N-dealkylation sites (tertiary alicyclic amines) is 1. The number of aromatic hydroxyl groups is 1. The number of piperidine rings is 1. The van der Waals surface area contributed by atoms with Crippen LogP contribution in [0.1, 0.15) is 105 Å². The number of hydrogen-bond donors (Lipinski definition) is 2. The maximum absolute atomic E-state index is 12.9. The Labute approximate surface area is 294 Å². The van der Waals surface area contributed by atoms with E-state index in [4.69, 9.17) is 16.3 Å². The standard InChI is InChI=1S/C21H23ClFNO2.C20H26O3/c22-18-7-5-17(6-8-18)21(26)11-14-24(15-12-21)13-1-2-20(25)16-3-9-19(23)10-4-16;1-12(21)23-19-8-7-18-17-5-3-13-11-14(22)4-6-15(13)16(17)9-10-20(18,19)2/h3-10,26H,1-2,11-15H2;4,6,11,16-19,22H,3,5,7-10H2,1-2H3. The molecule has 0 aromatic heterocycles. The normalized spacial score (nSPS) is 27.1. The van der Waals surface area contributed by atoms with E-state index in [1.165, 1.54) is 61.6 Å². The second-order valence-electron chi connectivity index (χ2n) is 14.9. The largest absolute Gasteiger partial charge is 0.508 e. The molecule has 3 aromatic carbocycles. The van der Waals surface area contributed by atoms with Crippen LogP contribution in [-0.2, 0) is 21.6 Å². The first-order valence-electron chi connectivity index (χ1n) is 17.9. The van der Waals surface area contributed by atoms with E-state index in [0.29, 0.717) is 53.4 Å². The fourth-order valence-electron chi connectivity index (χ4n) is 9.35. The number of carbonyl (C=O) groups is 2. The first kappa shape index (κ1) is 35.6. The number of benzene rings is 3. The van der Waals surface area contributed by atoms with Crippen molar-refractivity contribution >= 4 is 23.4 Å². The lowest BCUT2D eigenvalue weighted by Gasteiger charge is -2.50. The summed E-state index contributed by atoms with van der Waals surface area (Å²) >= 11 is 5.92. The summed E-state index contributed by atoms with van der Waals surface area (Å²) < 4.78 is 18.6. The van der Waals surface area contributed by atoms with Crippen LogP contribution in [0.25, 0.3) is 0 Å². The molecular formula is C41H49ClFNO5. The number of rotatable bonds is 7. The summed E-state index contributed by atoms with van der Waals surface area (Å²) in [6, 6.07) is 19.0. The SMILES string of the molecule is CC(=O)OC1CCC2C3CCc4cc(O)ccc4C3CCC12C.O=C(CCCN1CCC(O)(c2ccc(Cl)cc2)CC1)c1ccc(F)cc1. The lowest BCUT2D eigenvalue weighted by atomic mass is 9.55. The zero-order valence-corrected chi connectivity index (χ0v) is 29.4. The van der Waals surface area contributed by atoms with Crippen LogP contribution < -0.4 is 0 Å². The van der Waals surface area contributed by atoms with Crippen molar-refractivity contribution in [2.75, 3.05) is 19.6 Å². The van der Waals surface area contributed by atoms with Gasteiger partial charge in [0.15, 0.2) is 5.78 Å². The fourth-order valence-corrected chi connectivity index (χ4v) is 9.48. The fraction of sp³-hybridized carbons (Fsp3) is 0.512. The van der Waals surface area contributed by atoms with Crippen molar-refractivity contribution in [2.45, 2.75) is 95.7 Å². The maximum atomic E-state index is 12.9.